The third kappa shape index (κ3) is 1.94. The van der Waals surface area contributed by atoms with Crippen molar-refractivity contribution in [1.29, 1.82) is 0 Å². The second-order valence-electron chi connectivity index (χ2n) is 6.59. The maximum Gasteiger partial charge on any atom is 0.0111 e. The summed E-state index contributed by atoms with van der Waals surface area (Å²) in [5.74, 6) is 1.87. The fourth-order valence-corrected chi connectivity index (χ4v) is 3.53. The van der Waals surface area contributed by atoms with Gasteiger partial charge in [0.05, 0.1) is 0 Å². The van der Waals surface area contributed by atoms with E-state index in [1.54, 1.807) is 0 Å². The van der Waals surface area contributed by atoms with Crippen molar-refractivity contribution in [1.82, 2.24) is 10.6 Å². The Kier molecular flexibility index (Phi) is 2.33. The van der Waals surface area contributed by atoms with Crippen molar-refractivity contribution >= 4 is 0 Å². The zero-order chi connectivity index (χ0) is 10.5. The molecule has 2 heteroatoms. The number of fused-ring (bicyclic) bond motifs is 2. The van der Waals surface area contributed by atoms with E-state index >= 15 is 0 Å². The molecule has 2 N–H and O–H groups in total. The van der Waals surface area contributed by atoms with Gasteiger partial charge in [-0.05, 0) is 56.0 Å². The first-order chi connectivity index (χ1) is 7.15. The van der Waals surface area contributed by atoms with Crippen LogP contribution >= 0.6 is 0 Å². The molecule has 0 aromatic heterocycles. The Labute approximate surface area is 93.2 Å². The summed E-state index contributed by atoms with van der Waals surface area (Å²) in [5.41, 5.74) is 0.639. The molecule has 86 valence electrons. The van der Waals surface area contributed by atoms with Gasteiger partial charge in [-0.1, -0.05) is 13.8 Å². The second kappa shape index (κ2) is 3.46. The third-order valence-corrected chi connectivity index (χ3v) is 4.95. The molecule has 1 aliphatic carbocycles. The lowest BCUT2D eigenvalue weighted by molar-refractivity contribution is 0.375. The monoisotopic (exact) mass is 208 g/mol. The Balaban J connectivity index is 1.37. The molecule has 2 saturated heterocycles. The lowest BCUT2D eigenvalue weighted by Crippen LogP contribution is -2.32. The van der Waals surface area contributed by atoms with Crippen LogP contribution in [-0.4, -0.2) is 25.2 Å². The summed E-state index contributed by atoms with van der Waals surface area (Å²) >= 11 is 0. The largest absolute Gasteiger partial charge is 0.316 e. The Morgan fingerprint density at radius 2 is 2.07 bits per heavy atom. The van der Waals surface area contributed by atoms with Crippen LogP contribution in [0, 0.1) is 17.3 Å². The minimum absolute atomic E-state index is 0.639. The molecule has 0 aromatic rings. The van der Waals surface area contributed by atoms with Crippen LogP contribution in [0.25, 0.3) is 0 Å². The molecule has 4 atom stereocenters. The van der Waals surface area contributed by atoms with Gasteiger partial charge < -0.3 is 10.6 Å². The number of rotatable bonds is 4. The third-order valence-electron chi connectivity index (χ3n) is 4.95. The van der Waals surface area contributed by atoms with Gasteiger partial charge in [0.2, 0.25) is 0 Å². The van der Waals surface area contributed by atoms with E-state index in [9.17, 15) is 0 Å². The molecule has 0 radical (unpaired) electrons. The predicted molar refractivity (Wildman–Crippen MR) is 62.8 cm³/mol. The highest BCUT2D eigenvalue weighted by molar-refractivity contribution is 4.99. The fourth-order valence-electron chi connectivity index (χ4n) is 3.53. The molecule has 0 spiro atoms. The van der Waals surface area contributed by atoms with E-state index in [4.69, 9.17) is 0 Å². The van der Waals surface area contributed by atoms with Crippen molar-refractivity contribution in [3.63, 3.8) is 0 Å². The maximum atomic E-state index is 3.71. The zero-order valence-electron chi connectivity index (χ0n) is 10.1. The van der Waals surface area contributed by atoms with E-state index in [2.05, 4.69) is 24.5 Å². The number of hydrogen-bond donors (Lipinski definition) is 2. The number of hydrogen-bond acceptors (Lipinski definition) is 2. The van der Waals surface area contributed by atoms with Crippen molar-refractivity contribution in [3.05, 3.63) is 0 Å². The molecule has 3 fully saturated rings. The number of nitrogens with one attached hydrogen (secondary N) is 2. The quantitative estimate of drug-likeness (QED) is 0.735. The van der Waals surface area contributed by atoms with Crippen LogP contribution in [0.1, 0.15) is 39.5 Å². The van der Waals surface area contributed by atoms with E-state index in [1.807, 2.05) is 0 Å². The SMILES string of the molecule is CC1(C)CC1CNCC1CC2CCC1N2. The van der Waals surface area contributed by atoms with Crippen LogP contribution in [0.4, 0.5) is 0 Å². The van der Waals surface area contributed by atoms with Crippen molar-refractivity contribution in [2.75, 3.05) is 13.1 Å². The molecule has 0 amide bonds. The topological polar surface area (TPSA) is 24.1 Å². The zero-order valence-corrected chi connectivity index (χ0v) is 10.1. The minimum atomic E-state index is 0.639. The van der Waals surface area contributed by atoms with E-state index in [0.717, 1.165) is 23.9 Å². The van der Waals surface area contributed by atoms with Gasteiger partial charge in [-0.3, -0.25) is 0 Å². The summed E-state index contributed by atoms with van der Waals surface area (Å²) in [5, 5.41) is 7.40. The van der Waals surface area contributed by atoms with Gasteiger partial charge in [-0.15, -0.1) is 0 Å². The Morgan fingerprint density at radius 1 is 1.27 bits per heavy atom. The molecule has 0 aromatic carbocycles. The van der Waals surface area contributed by atoms with Crippen LogP contribution in [-0.2, 0) is 0 Å². The molecule has 2 nitrogen and oxygen atoms in total. The molecule has 1 saturated carbocycles. The normalized spacial score (nSPS) is 46.0. The molecule has 2 aliphatic heterocycles. The second-order valence-corrected chi connectivity index (χ2v) is 6.59. The van der Waals surface area contributed by atoms with Crippen LogP contribution in [0.3, 0.4) is 0 Å². The van der Waals surface area contributed by atoms with Gasteiger partial charge in [0.1, 0.15) is 0 Å². The fraction of sp³-hybridized carbons (Fsp3) is 1.00. The highest BCUT2D eigenvalue weighted by Gasteiger charge is 2.45. The lowest BCUT2D eigenvalue weighted by atomic mass is 9.89. The van der Waals surface area contributed by atoms with Crippen LogP contribution in [0.2, 0.25) is 0 Å². The highest BCUT2D eigenvalue weighted by Crippen LogP contribution is 2.51. The molecule has 3 rings (SSSR count). The van der Waals surface area contributed by atoms with E-state index < -0.39 is 0 Å². The standard InChI is InChI=1S/C13H24N2/c1-13(2)6-10(13)8-14-7-9-5-11-3-4-12(9)15-11/h9-12,14-15H,3-8H2,1-2H3. The Morgan fingerprint density at radius 3 is 2.60 bits per heavy atom. The van der Waals surface area contributed by atoms with Gasteiger partial charge in [0.15, 0.2) is 0 Å². The molecular formula is C13H24N2. The Hall–Kier alpha value is -0.0800. The van der Waals surface area contributed by atoms with Gasteiger partial charge in [-0.2, -0.15) is 0 Å². The van der Waals surface area contributed by atoms with Crippen molar-refractivity contribution in [3.8, 4) is 0 Å². The summed E-state index contributed by atoms with van der Waals surface area (Å²) in [6, 6.07) is 1.70. The summed E-state index contributed by atoms with van der Waals surface area (Å²) in [6.07, 6.45) is 5.70. The first-order valence-corrected chi connectivity index (χ1v) is 6.62. The maximum absolute atomic E-state index is 3.71. The van der Waals surface area contributed by atoms with Crippen molar-refractivity contribution in [2.24, 2.45) is 17.3 Å². The highest BCUT2D eigenvalue weighted by atomic mass is 15.0. The predicted octanol–water partition coefficient (Wildman–Crippen LogP) is 1.76. The van der Waals surface area contributed by atoms with Gasteiger partial charge in [0, 0.05) is 12.1 Å². The van der Waals surface area contributed by atoms with Crippen LogP contribution < -0.4 is 10.6 Å². The first-order valence-electron chi connectivity index (χ1n) is 6.62. The molecule has 2 bridgehead atoms. The van der Waals surface area contributed by atoms with Gasteiger partial charge in [0.25, 0.3) is 0 Å². The van der Waals surface area contributed by atoms with Crippen molar-refractivity contribution < 1.29 is 0 Å². The summed E-state index contributed by atoms with van der Waals surface area (Å²) < 4.78 is 0. The van der Waals surface area contributed by atoms with E-state index in [0.29, 0.717) is 5.41 Å². The molecule has 3 aliphatic rings. The first kappa shape index (κ1) is 10.1. The lowest BCUT2D eigenvalue weighted by Gasteiger charge is -2.20. The summed E-state index contributed by atoms with van der Waals surface area (Å²) in [6.45, 7) is 7.28. The average molecular weight is 208 g/mol. The average Bonchev–Trinajstić information content (AvgIpc) is 2.60. The molecule has 2 heterocycles. The Bertz CT molecular complexity index is 249. The van der Waals surface area contributed by atoms with Crippen LogP contribution in [0.15, 0.2) is 0 Å². The minimum Gasteiger partial charge on any atom is -0.316 e. The van der Waals surface area contributed by atoms with Gasteiger partial charge >= 0.3 is 0 Å². The smallest absolute Gasteiger partial charge is 0.0111 e. The summed E-state index contributed by atoms with van der Waals surface area (Å²) in [7, 11) is 0. The summed E-state index contributed by atoms with van der Waals surface area (Å²) in [4.78, 5) is 0. The van der Waals surface area contributed by atoms with Gasteiger partial charge in [-0.25, -0.2) is 0 Å². The van der Waals surface area contributed by atoms with E-state index in [-0.39, 0.29) is 0 Å². The van der Waals surface area contributed by atoms with Crippen molar-refractivity contribution in [2.45, 2.75) is 51.6 Å². The molecule has 15 heavy (non-hydrogen) atoms. The molecular weight excluding hydrogens is 184 g/mol. The van der Waals surface area contributed by atoms with Crippen LogP contribution in [0.5, 0.6) is 0 Å². The molecule has 4 unspecified atom stereocenters. The van der Waals surface area contributed by atoms with E-state index in [1.165, 1.54) is 38.8 Å².